The lowest BCUT2D eigenvalue weighted by Crippen LogP contribution is -2.34. The van der Waals surface area contributed by atoms with Crippen LogP contribution in [0, 0.1) is 5.41 Å². The molecular weight excluding hydrogens is 266 g/mol. The summed E-state index contributed by atoms with van der Waals surface area (Å²) in [7, 11) is 0. The van der Waals surface area contributed by atoms with Crippen LogP contribution in [-0.4, -0.2) is 17.0 Å². The molecule has 0 unspecified atom stereocenters. The molecule has 0 saturated carbocycles. The van der Waals surface area contributed by atoms with Crippen molar-refractivity contribution in [1.82, 2.24) is 0 Å². The second kappa shape index (κ2) is 7.81. The summed E-state index contributed by atoms with van der Waals surface area (Å²) in [6.45, 7) is 5.72. The van der Waals surface area contributed by atoms with Crippen molar-refractivity contribution in [3.8, 4) is 0 Å². The Kier molecular flexibility index (Phi) is 6.40. The smallest absolute Gasteiger partial charge is 0.310 e. The van der Waals surface area contributed by atoms with Crippen molar-refractivity contribution < 1.29 is 14.7 Å². The van der Waals surface area contributed by atoms with Crippen LogP contribution in [0.2, 0.25) is 0 Å². The second-order valence-electron chi connectivity index (χ2n) is 5.42. The van der Waals surface area contributed by atoms with Crippen molar-refractivity contribution in [3.05, 3.63) is 29.8 Å². The highest BCUT2D eigenvalue weighted by atomic mass is 16.4. The minimum Gasteiger partial charge on any atom is -0.481 e. The molecule has 0 spiro atoms. The first kappa shape index (κ1) is 17.2. The zero-order valence-corrected chi connectivity index (χ0v) is 13.1. The van der Waals surface area contributed by atoms with Gasteiger partial charge < -0.3 is 10.4 Å². The molecule has 0 aliphatic rings. The van der Waals surface area contributed by atoms with Gasteiger partial charge in [0.25, 0.3) is 0 Å². The molecule has 2 N–H and O–H groups in total. The second-order valence-corrected chi connectivity index (χ2v) is 5.42. The molecular formula is C17H25NO3. The van der Waals surface area contributed by atoms with Gasteiger partial charge in [0.2, 0.25) is 5.91 Å². The fourth-order valence-electron chi connectivity index (χ4n) is 2.51. The third-order valence-corrected chi connectivity index (χ3v) is 4.12. The minimum atomic E-state index is -0.968. The van der Waals surface area contributed by atoms with Crippen molar-refractivity contribution in [1.29, 1.82) is 0 Å². The topological polar surface area (TPSA) is 66.4 Å². The Hall–Kier alpha value is -1.84. The number of benzene rings is 1. The van der Waals surface area contributed by atoms with Crippen molar-refractivity contribution in [2.24, 2.45) is 5.41 Å². The highest BCUT2D eigenvalue weighted by Gasteiger charge is 2.37. The van der Waals surface area contributed by atoms with E-state index in [1.807, 2.05) is 38.1 Å². The van der Waals surface area contributed by atoms with Gasteiger partial charge in [-0.1, -0.05) is 45.4 Å². The third-order valence-electron chi connectivity index (χ3n) is 4.12. The Balaban J connectivity index is 2.84. The van der Waals surface area contributed by atoms with E-state index in [0.717, 1.165) is 24.1 Å². The van der Waals surface area contributed by atoms with Crippen LogP contribution in [0.3, 0.4) is 0 Å². The largest absolute Gasteiger partial charge is 0.481 e. The summed E-state index contributed by atoms with van der Waals surface area (Å²) in [6, 6.07) is 7.67. The first-order valence-electron chi connectivity index (χ1n) is 7.60. The van der Waals surface area contributed by atoms with E-state index >= 15 is 0 Å². The van der Waals surface area contributed by atoms with Crippen molar-refractivity contribution in [3.63, 3.8) is 0 Å². The number of carboxylic acid groups (broad SMARTS) is 1. The van der Waals surface area contributed by atoms with E-state index < -0.39 is 11.4 Å². The highest BCUT2D eigenvalue weighted by molar-refractivity contribution is 5.94. The molecule has 1 aromatic carbocycles. The van der Waals surface area contributed by atoms with Crippen LogP contribution in [-0.2, 0) is 16.0 Å². The summed E-state index contributed by atoms with van der Waals surface area (Å²) in [4.78, 5) is 23.7. The fourth-order valence-corrected chi connectivity index (χ4v) is 2.51. The molecule has 0 radical (unpaired) electrons. The van der Waals surface area contributed by atoms with Crippen LogP contribution in [0.15, 0.2) is 24.3 Å². The number of amides is 1. The standard InChI is InChI=1S/C17H25NO3/c1-4-9-13-10-7-8-11-14(13)18-15(19)12-17(5-2,6-3)16(20)21/h7-8,10-11H,4-6,9,12H2,1-3H3,(H,18,19)(H,20,21). The summed E-state index contributed by atoms with van der Waals surface area (Å²) in [5.41, 5.74) is 0.905. The average molecular weight is 291 g/mol. The maximum atomic E-state index is 12.2. The number of rotatable bonds is 8. The molecule has 0 aliphatic heterocycles. The monoisotopic (exact) mass is 291 g/mol. The molecule has 0 aromatic heterocycles. The van der Waals surface area contributed by atoms with Crippen LogP contribution in [0.5, 0.6) is 0 Å². The molecule has 0 heterocycles. The Labute approximate surface area is 126 Å². The predicted molar refractivity (Wildman–Crippen MR) is 84.3 cm³/mol. The number of aryl methyl sites for hydroxylation is 1. The molecule has 4 nitrogen and oxygen atoms in total. The van der Waals surface area contributed by atoms with E-state index in [9.17, 15) is 14.7 Å². The summed E-state index contributed by atoms with van der Waals surface area (Å²) in [6.07, 6.45) is 2.79. The lowest BCUT2D eigenvalue weighted by atomic mass is 9.79. The zero-order chi connectivity index (χ0) is 15.9. The van der Waals surface area contributed by atoms with Crippen LogP contribution in [0.4, 0.5) is 5.69 Å². The van der Waals surface area contributed by atoms with Crippen molar-refractivity contribution in [2.45, 2.75) is 52.9 Å². The predicted octanol–water partition coefficient (Wildman–Crippen LogP) is 3.86. The third kappa shape index (κ3) is 4.31. The van der Waals surface area contributed by atoms with Crippen LogP contribution < -0.4 is 5.32 Å². The molecule has 1 rings (SSSR count). The fraction of sp³-hybridized carbons (Fsp3) is 0.529. The summed E-state index contributed by atoms with van der Waals surface area (Å²) < 4.78 is 0. The number of aliphatic carboxylic acids is 1. The molecule has 0 saturated heterocycles. The van der Waals surface area contributed by atoms with Gasteiger partial charge in [0.15, 0.2) is 0 Å². The Bertz CT molecular complexity index is 493. The molecule has 4 heteroatoms. The molecule has 0 atom stereocenters. The number of para-hydroxylation sites is 1. The molecule has 0 aliphatic carbocycles. The van der Waals surface area contributed by atoms with Crippen molar-refractivity contribution >= 4 is 17.6 Å². The first-order chi connectivity index (χ1) is 9.99. The lowest BCUT2D eigenvalue weighted by Gasteiger charge is -2.26. The van der Waals surface area contributed by atoms with Gasteiger partial charge in [0.1, 0.15) is 0 Å². The van der Waals surface area contributed by atoms with E-state index in [4.69, 9.17) is 0 Å². The van der Waals surface area contributed by atoms with E-state index in [-0.39, 0.29) is 12.3 Å². The van der Waals surface area contributed by atoms with Gasteiger partial charge in [0, 0.05) is 12.1 Å². The molecule has 21 heavy (non-hydrogen) atoms. The van der Waals surface area contributed by atoms with Gasteiger partial charge in [-0.25, -0.2) is 0 Å². The molecule has 116 valence electrons. The Morgan fingerprint density at radius 1 is 1.14 bits per heavy atom. The van der Waals surface area contributed by atoms with Gasteiger partial charge in [-0.2, -0.15) is 0 Å². The van der Waals surface area contributed by atoms with Crippen LogP contribution in [0.25, 0.3) is 0 Å². The van der Waals surface area contributed by atoms with E-state index in [1.165, 1.54) is 0 Å². The van der Waals surface area contributed by atoms with Gasteiger partial charge in [0.05, 0.1) is 5.41 Å². The van der Waals surface area contributed by atoms with Crippen LogP contribution in [0.1, 0.15) is 52.0 Å². The zero-order valence-electron chi connectivity index (χ0n) is 13.1. The van der Waals surface area contributed by atoms with Gasteiger partial charge in [-0.3, -0.25) is 9.59 Å². The SMILES string of the molecule is CCCc1ccccc1NC(=O)CC(CC)(CC)C(=O)O. The number of hydrogen-bond acceptors (Lipinski definition) is 2. The number of carboxylic acids is 1. The summed E-state index contributed by atoms with van der Waals surface area (Å²) in [5, 5.41) is 12.3. The lowest BCUT2D eigenvalue weighted by molar-refractivity contribution is -0.151. The normalized spacial score (nSPS) is 11.2. The minimum absolute atomic E-state index is 0.00971. The van der Waals surface area contributed by atoms with Gasteiger partial charge in [-0.15, -0.1) is 0 Å². The highest BCUT2D eigenvalue weighted by Crippen LogP contribution is 2.31. The average Bonchev–Trinajstić information content (AvgIpc) is 2.47. The number of hydrogen-bond donors (Lipinski definition) is 2. The van der Waals surface area contributed by atoms with E-state index in [0.29, 0.717) is 12.8 Å². The number of anilines is 1. The van der Waals surface area contributed by atoms with E-state index in [2.05, 4.69) is 12.2 Å². The Morgan fingerprint density at radius 3 is 2.29 bits per heavy atom. The Morgan fingerprint density at radius 2 is 1.76 bits per heavy atom. The molecule has 1 amide bonds. The van der Waals surface area contributed by atoms with Gasteiger partial charge >= 0.3 is 5.97 Å². The number of nitrogens with one attached hydrogen (secondary N) is 1. The molecule has 0 fully saturated rings. The molecule has 0 bridgehead atoms. The summed E-state index contributed by atoms with van der Waals surface area (Å²) >= 11 is 0. The number of carbonyl (C=O) groups is 2. The van der Waals surface area contributed by atoms with E-state index in [1.54, 1.807) is 0 Å². The maximum Gasteiger partial charge on any atom is 0.310 e. The van der Waals surface area contributed by atoms with Gasteiger partial charge in [-0.05, 0) is 30.9 Å². The number of carbonyl (C=O) groups excluding carboxylic acids is 1. The molecule has 1 aromatic rings. The first-order valence-corrected chi connectivity index (χ1v) is 7.60. The quantitative estimate of drug-likeness (QED) is 0.764. The van der Waals surface area contributed by atoms with Crippen molar-refractivity contribution in [2.75, 3.05) is 5.32 Å². The summed E-state index contributed by atoms with van der Waals surface area (Å²) in [5.74, 6) is -1.13. The maximum absolute atomic E-state index is 12.2. The van der Waals surface area contributed by atoms with Crippen LogP contribution >= 0.6 is 0 Å².